The Balaban J connectivity index is 1.18. The van der Waals surface area contributed by atoms with Crippen molar-refractivity contribution in [1.82, 2.24) is 19.7 Å². The molecule has 7 nitrogen and oxygen atoms in total. The minimum atomic E-state index is -0.333. The third-order valence-electron chi connectivity index (χ3n) is 7.50. The van der Waals surface area contributed by atoms with Gasteiger partial charge in [0.05, 0.1) is 11.4 Å². The van der Waals surface area contributed by atoms with Crippen LogP contribution in [0, 0.1) is 11.8 Å². The van der Waals surface area contributed by atoms with Crippen molar-refractivity contribution in [3.63, 3.8) is 0 Å². The highest BCUT2D eigenvalue weighted by atomic mass is 16.2. The highest BCUT2D eigenvalue weighted by Crippen LogP contribution is 2.52. The first-order chi connectivity index (χ1) is 16.0. The number of amides is 1. The Morgan fingerprint density at radius 3 is 2.64 bits per heavy atom. The molecule has 5 atom stereocenters. The maximum Gasteiger partial charge on any atom is 0.245 e. The molecule has 2 saturated carbocycles. The zero-order chi connectivity index (χ0) is 22.7. The van der Waals surface area contributed by atoms with Crippen LogP contribution in [-0.2, 0) is 16.1 Å². The number of likely N-dealkylation sites (tertiary alicyclic amines) is 1. The number of pyridine rings is 1. The minimum absolute atomic E-state index is 0.0101. The standard InChI is InChI=1S/C26H26N4O3/c1-15(31)25-19-8-5-9-27-26(19)29(28-25)14-24(33)30-21-11-18(21)12-22(30)23(32)13-17-10-20(17)16-6-3-2-4-7-16/h2-9,17-18,20-22H,10-14H2,1H3/t17-,18+,20-,21+,22-/m0/s1. The number of Topliss-reactive ketones (excluding diaryl/α,β-unsaturated/α-hetero) is 2. The molecule has 2 aromatic heterocycles. The van der Waals surface area contributed by atoms with Gasteiger partial charge in [0.1, 0.15) is 12.2 Å². The fourth-order valence-electron chi connectivity index (χ4n) is 5.67. The summed E-state index contributed by atoms with van der Waals surface area (Å²) in [5.74, 6) is 1.19. The van der Waals surface area contributed by atoms with Crippen LogP contribution in [0.5, 0.6) is 0 Å². The maximum absolute atomic E-state index is 13.4. The Hall–Kier alpha value is -3.35. The van der Waals surface area contributed by atoms with Crippen molar-refractivity contribution < 1.29 is 14.4 Å². The summed E-state index contributed by atoms with van der Waals surface area (Å²) in [5, 5.41) is 5.03. The molecule has 168 valence electrons. The first-order valence-electron chi connectivity index (χ1n) is 11.7. The van der Waals surface area contributed by atoms with Crippen molar-refractivity contribution in [3.05, 3.63) is 59.9 Å². The monoisotopic (exact) mass is 442 g/mol. The number of carbonyl (C=O) groups is 3. The number of aromatic nitrogens is 3. The average molecular weight is 443 g/mol. The number of fused-ring (bicyclic) bond motifs is 2. The fourth-order valence-corrected chi connectivity index (χ4v) is 5.67. The lowest BCUT2D eigenvalue weighted by Crippen LogP contribution is -2.44. The van der Waals surface area contributed by atoms with Crippen molar-refractivity contribution in [2.75, 3.05) is 0 Å². The lowest BCUT2D eigenvalue weighted by Gasteiger charge is -2.27. The molecule has 0 N–H and O–H groups in total. The topological polar surface area (TPSA) is 85.2 Å². The fraction of sp³-hybridized carbons (Fsp3) is 0.423. The predicted molar refractivity (Wildman–Crippen MR) is 122 cm³/mol. The number of benzene rings is 1. The van der Waals surface area contributed by atoms with E-state index < -0.39 is 0 Å². The third-order valence-corrected chi connectivity index (χ3v) is 7.50. The van der Waals surface area contributed by atoms with Gasteiger partial charge in [0.25, 0.3) is 0 Å². The van der Waals surface area contributed by atoms with Gasteiger partial charge in [-0.2, -0.15) is 5.10 Å². The third kappa shape index (κ3) is 3.56. The molecule has 1 aromatic carbocycles. The molecule has 3 heterocycles. The van der Waals surface area contributed by atoms with Crippen molar-refractivity contribution in [3.8, 4) is 0 Å². The van der Waals surface area contributed by atoms with E-state index in [-0.39, 0.29) is 36.1 Å². The van der Waals surface area contributed by atoms with Crippen LogP contribution in [-0.4, -0.2) is 49.2 Å². The van der Waals surface area contributed by atoms with E-state index in [9.17, 15) is 14.4 Å². The van der Waals surface area contributed by atoms with Crippen LogP contribution < -0.4 is 0 Å². The van der Waals surface area contributed by atoms with Crippen molar-refractivity contribution >= 4 is 28.5 Å². The van der Waals surface area contributed by atoms with Crippen LogP contribution in [0.15, 0.2) is 48.7 Å². The number of nitrogens with zero attached hydrogens (tertiary/aromatic N) is 4. The van der Waals surface area contributed by atoms with Crippen LogP contribution in [0.25, 0.3) is 11.0 Å². The number of carbonyl (C=O) groups excluding carboxylic acids is 3. The van der Waals surface area contributed by atoms with Gasteiger partial charge in [-0.05, 0) is 54.7 Å². The molecule has 7 heteroatoms. The SMILES string of the molecule is CC(=O)c1nn(CC(=O)N2[C@@H]3C[C@@H]3C[C@H]2C(=O)C[C@@H]2C[C@H]2c2ccccc2)c2ncccc12. The van der Waals surface area contributed by atoms with E-state index in [0.717, 1.165) is 19.3 Å². The molecule has 3 aromatic rings. The van der Waals surface area contributed by atoms with Gasteiger partial charge in [-0.1, -0.05) is 30.3 Å². The van der Waals surface area contributed by atoms with Crippen molar-refractivity contribution in [2.24, 2.45) is 11.8 Å². The molecule has 0 bridgehead atoms. The second-order valence-electron chi connectivity index (χ2n) is 9.74. The van der Waals surface area contributed by atoms with Crippen LogP contribution >= 0.6 is 0 Å². The van der Waals surface area contributed by atoms with Crippen molar-refractivity contribution in [2.45, 2.75) is 57.2 Å². The summed E-state index contributed by atoms with van der Waals surface area (Å²) in [6.45, 7) is 1.45. The van der Waals surface area contributed by atoms with Gasteiger partial charge in [-0.15, -0.1) is 0 Å². The van der Waals surface area contributed by atoms with Gasteiger partial charge in [0, 0.05) is 25.6 Å². The number of hydrogen-bond donors (Lipinski definition) is 0. The van der Waals surface area contributed by atoms with Crippen molar-refractivity contribution in [1.29, 1.82) is 0 Å². The molecule has 1 amide bonds. The summed E-state index contributed by atoms with van der Waals surface area (Å²) in [5.41, 5.74) is 2.15. The molecule has 0 radical (unpaired) electrons. The van der Waals surface area contributed by atoms with Gasteiger partial charge in [-0.3, -0.25) is 14.4 Å². The minimum Gasteiger partial charge on any atom is -0.328 e. The van der Waals surface area contributed by atoms with E-state index in [0.29, 0.717) is 40.9 Å². The quantitative estimate of drug-likeness (QED) is 0.524. The van der Waals surface area contributed by atoms with Gasteiger partial charge in [0.2, 0.25) is 5.91 Å². The predicted octanol–water partition coefficient (Wildman–Crippen LogP) is 3.39. The number of piperidine rings is 1. The molecule has 3 aliphatic rings. The molecular weight excluding hydrogens is 416 g/mol. The molecule has 2 aliphatic carbocycles. The van der Waals surface area contributed by atoms with Crippen LogP contribution in [0.2, 0.25) is 0 Å². The molecule has 3 fully saturated rings. The molecule has 1 aliphatic heterocycles. The highest BCUT2D eigenvalue weighted by Gasteiger charge is 2.56. The van der Waals surface area contributed by atoms with E-state index >= 15 is 0 Å². The largest absolute Gasteiger partial charge is 0.328 e. The lowest BCUT2D eigenvalue weighted by molar-refractivity contribution is -0.139. The Bertz CT molecular complexity index is 1270. The van der Waals surface area contributed by atoms with E-state index in [1.807, 2.05) is 23.1 Å². The summed E-state index contributed by atoms with van der Waals surface area (Å²) < 4.78 is 1.51. The van der Waals surface area contributed by atoms with Crippen LogP contribution in [0.4, 0.5) is 0 Å². The number of ketones is 2. The molecule has 33 heavy (non-hydrogen) atoms. The zero-order valence-corrected chi connectivity index (χ0v) is 18.6. The maximum atomic E-state index is 13.4. The molecule has 0 spiro atoms. The Morgan fingerprint density at radius 1 is 1.03 bits per heavy atom. The summed E-state index contributed by atoms with van der Waals surface area (Å²) in [7, 11) is 0. The first-order valence-corrected chi connectivity index (χ1v) is 11.7. The summed E-state index contributed by atoms with van der Waals surface area (Å²) in [4.78, 5) is 44.8. The second-order valence-corrected chi connectivity index (χ2v) is 9.74. The summed E-state index contributed by atoms with van der Waals surface area (Å²) in [6.07, 6.45) is 4.96. The molecular formula is C26H26N4O3. The van der Waals surface area contributed by atoms with Gasteiger partial charge in [-0.25, -0.2) is 9.67 Å². The van der Waals surface area contributed by atoms with Crippen LogP contribution in [0.3, 0.4) is 0 Å². The van der Waals surface area contributed by atoms with Gasteiger partial charge >= 0.3 is 0 Å². The summed E-state index contributed by atoms with van der Waals surface area (Å²) in [6, 6.07) is 13.8. The zero-order valence-electron chi connectivity index (χ0n) is 18.6. The van der Waals surface area contributed by atoms with E-state index in [2.05, 4.69) is 22.2 Å². The Kier molecular flexibility index (Phi) is 4.67. The second kappa shape index (κ2) is 7.61. The average Bonchev–Trinajstić information content (AvgIpc) is 3.70. The molecule has 1 saturated heterocycles. The Morgan fingerprint density at radius 2 is 1.85 bits per heavy atom. The normalized spacial score (nSPS) is 27.4. The number of hydrogen-bond acceptors (Lipinski definition) is 5. The first kappa shape index (κ1) is 20.3. The van der Waals surface area contributed by atoms with Gasteiger partial charge < -0.3 is 4.90 Å². The van der Waals surface area contributed by atoms with Gasteiger partial charge in [0.15, 0.2) is 17.2 Å². The smallest absolute Gasteiger partial charge is 0.245 e. The lowest BCUT2D eigenvalue weighted by atomic mass is 10.00. The number of rotatable bonds is 7. The van der Waals surface area contributed by atoms with E-state index in [1.165, 1.54) is 17.2 Å². The highest BCUT2D eigenvalue weighted by molar-refractivity contribution is 6.04. The molecule has 6 rings (SSSR count). The summed E-state index contributed by atoms with van der Waals surface area (Å²) >= 11 is 0. The Labute approximate surface area is 191 Å². The molecule has 0 unspecified atom stereocenters. The van der Waals surface area contributed by atoms with Crippen LogP contribution in [0.1, 0.15) is 54.6 Å². The van der Waals surface area contributed by atoms with E-state index in [1.54, 1.807) is 18.3 Å². The van der Waals surface area contributed by atoms with E-state index in [4.69, 9.17) is 0 Å².